The normalized spacial score (nSPS) is 15.3. The van der Waals surface area contributed by atoms with E-state index in [1.807, 2.05) is 32.9 Å². The molecule has 1 aromatic carbocycles. The summed E-state index contributed by atoms with van der Waals surface area (Å²) in [7, 11) is 0. The van der Waals surface area contributed by atoms with Crippen LogP contribution in [0.15, 0.2) is 28.7 Å². The minimum atomic E-state index is -0.492. The van der Waals surface area contributed by atoms with Crippen molar-refractivity contribution in [3.63, 3.8) is 0 Å². The van der Waals surface area contributed by atoms with Crippen LogP contribution in [0.4, 0.5) is 0 Å². The Bertz CT molecular complexity index is 390. The fourth-order valence-corrected chi connectivity index (χ4v) is 2.03. The van der Waals surface area contributed by atoms with Gasteiger partial charge in [-0.25, -0.2) is 0 Å². The maximum atomic E-state index is 9.87. The molecule has 3 nitrogen and oxygen atoms in total. The van der Waals surface area contributed by atoms with E-state index in [1.165, 1.54) is 5.56 Å². The Hall–Kier alpha value is -0.420. The summed E-state index contributed by atoms with van der Waals surface area (Å²) in [6.45, 7) is 8.90. The molecular weight excluding hydrogens is 306 g/mol. The molecule has 1 unspecified atom stereocenters. The van der Waals surface area contributed by atoms with Crippen molar-refractivity contribution in [1.29, 1.82) is 0 Å². The molecule has 0 spiro atoms. The first-order valence-electron chi connectivity index (χ1n) is 6.59. The van der Waals surface area contributed by atoms with Crippen molar-refractivity contribution in [2.24, 2.45) is 0 Å². The predicted molar refractivity (Wildman–Crippen MR) is 82.3 cm³/mol. The van der Waals surface area contributed by atoms with Crippen LogP contribution in [0.2, 0.25) is 0 Å². The van der Waals surface area contributed by atoms with E-state index in [0.29, 0.717) is 13.2 Å². The fourth-order valence-electron chi connectivity index (χ4n) is 1.61. The van der Waals surface area contributed by atoms with Crippen molar-refractivity contribution in [3.05, 3.63) is 34.3 Å². The third-order valence-corrected chi connectivity index (χ3v) is 3.21. The van der Waals surface area contributed by atoms with Crippen molar-refractivity contribution in [1.82, 2.24) is 5.32 Å². The van der Waals surface area contributed by atoms with Crippen molar-refractivity contribution in [2.45, 2.75) is 45.4 Å². The molecule has 0 fully saturated rings. The van der Waals surface area contributed by atoms with Gasteiger partial charge in [-0.3, -0.25) is 0 Å². The number of hydrogen-bond acceptors (Lipinski definition) is 3. The van der Waals surface area contributed by atoms with E-state index in [9.17, 15) is 5.11 Å². The molecule has 1 aromatic rings. The number of benzene rings is 1. The minimum absolute atomic E-state index is 0.196. The highest BCUT2D eigenvalue weighted by Crippen LogP contribution is 2.17. The van der Waals surface area contributed by atoms with Gasteiger partial charge in [0.25, 0.3) is 0 Å². The summed E-state index contributed by atoms with van der Waals surface area (Å²) in [5.74, 6) is 0. The number of ether oxygens (including phenoxy) is 1. The van der Waals surface area contributed by atoms with Crippen LogP contribution < -0.4 is 5.32 Å². The zero-order valence-electron chi connectivity index (χ0n) is 12.1. The molecule has 0 heterocycles. The number of aliphatic hydroxyl groups excluding tert-OH is 1. The average molecular weight is 330 g/mol. The first kappa shape index (κ1) is 16.6. The number of nitrogens with one attached hydrogen (secondary N) is 1. The number of hydrogen-bond donors (Lipinski definition) is 2. The number of aliphatic hydroxyl groups is 1. The van der Waals surface area contributed by atoms with Gasteiger partial charge in [-0.1, -0.05) is 28.1 Å². The van der Waals surface area contributed by atoms with Crippen LogP contribution in [0.3, 0.4) is 0 Å². The lowest BCUT2D eigenvalue weighted by Gasteiger charge is -2.23. The first-order chi connectivity index (χ1) is 8.78. The minimum Gasteiger partial charge on any atom is -0.389 e. The van der Waals surface area contributed by atoms with Crippen LogP contribution >= 0.6 is 15.9 Å². The molecule has 19 heavy (non-hydrogen) atoms. The summed E-state index contributed by atoms with van der Waals surface area (Å²) in [6.07, 6.45) is -0.492. The molecule has 0 aliphatic carbocycles. The summed E-state index contributed by atoms with van der Waals surface area (Å²) in [5.41, 5.74) is 0.981. The Morgan fingerprint density at radius 3 is 2.63 bits per heavy atom. The van der Waals surface area contributed by atoms with Gasteiger partial charge in [-0.05, 0) is 45.4 Å². The topological polar surface area (TPSA) is 41.5 Å². The zero-order valence-corrected chi connectivity index (χ0v) is 13.7. The highest BCUT2D eigenvalue weighted by atomic mass is 79.9. The maximum absolute atomic E-state index is 9.87. The summed E-state index contributed by atoms with van der Waals surface area (Å²) in [6, 6.07) is 8.36. The van der Waals surface area contributed by atoms with Crippen molar-refractivity contribution >= 4 is 15.9 Å². The Balaban J connectivity index is 2.36. The quantitative estimate of drug-likeness (QED) is 0.841. The number of halogens is 1. The highest BCUT2D eigenvalue weighted by molar-refractivity contribution is 9.10. The van der Waals surface area contributed by atoms with Gasteiger partial charge in [0.1, 0.15) is 0 Å². The third kappa shape index (κ3) is 7.06. The molecule has 0 amide bonds. The zero-order chi connectivity index (χ0) is 14.5. The lowest BCUT2D eigenvalue weighted by atomic mass is 10.1. The molecule has 0 aliphatic rings. The van der Waals surface area contributed by atoms with Gasteiger partial charge in [0.2, 0.25) is 0 Å². The highest BCUT2D eigenvalue weighted by Gasteiger charge is 2.14. The van der Waals surface area contributed by atoms with Gasteiger partial charge in [-0.15, -0.1) is 0 Å². The van der Waals surface area contributed by atoms with E-state index >= 15 is 0 Å². The van der Waals surface area contributed by atoms with Crippen molar-refractivity contribution in [3.8, 4) is 0 Å². The molecule has 0 saturated heterocycles. The smallest absolute Gasteiger partial charge is 0.0898 e. The monoisotopic (exact) mass is 329 g/mol. The molecule has 1 rings (SSSR count). The second-order valence-electron chi connectivity index (χ2n) is 5.76. The van der Waals surface area contributed by atoms with Crippen LogP contribution in [0, 0.1) is 0 Å². The molecule has 2 atom stereocenters. The molecule has 2 N–H and O–H groups in total. The van der Waals surface area contributed by atoms with Crippen LogP contribution in [0.1, 0.15) is 39.3 Å². The largest absolute Gasteiger partial charge is 0.389 e. The van der Waals surface area contributed by atoms with Gasteiger partial charge >= 0.3 is 0 Å². The molecule has 0 radical (unpaired) electrons. The van der Waals surface area contributed by atoms with Gasteiger partial charge in [0.15, 0.2) is 0 Å². The Labute approximate surface area is 124 Å². The average Bonchev–Trinajstić information content (AvgIpc) is 2.32. The Morgan fingerprint density at radius 1 is 1.37 bits per heavy atom. The molecule has 0 saturated carbocycles. The summed E-state index contributed by atoms with van der Waals surface area (Å²) in [5, 5.41) is 13.2. The standard InChI is InChI=1S/C15H24BrNO2/c1-11(12-6-5-7-13(16)8-12)17-9-14(18)10-19-15(2,3)4/h5-8,11,14,17-18H,9-10H2,1-4H3/t11-,14?/m0/s1. The number of rotatable bonds is 6. The molecule has 0 aromatic heterocycles. The SMILES string of the molecule is C[C@H](NCC(O)COC(C)(C)C)c1cccc(Br)c1. The molecule has 4 heteroatoms. The van der Waals surface area contributed by atoms with Gasteiger partial charge in [0, 0.05) is 17.1 Å². The van der Waals surface area contributed by atoms with Crippen molar-refractivity contribution < 1.29 is 9.84 Å². The summed E-state index contributed by atoms with van der Waals surface area (Å²) >= 11 is 3.46. The molecule has 0 aliphatic heterocycles. The van der Waals surface area contributed by atoms with E-state index in [-0.39, 0.29) is 11.6 Å². The van der Waals surface area contributed by atoms with E-state index in [0.717, 1.165) is 4.47 Å². The van der Waals surface area contributed by atoms with E-state index in [4.69, 9.17) is 4.74 Å². The lowest BCUT2D eigenvalue weighted by Crippen LogP contribution is -2.34. The second-order valence-corrected chi connectivity index (χ2v) is 6.68. The fraction of sp³-hybridized carbons (Fsp3) is 0.600. The Morgan fingerprint density at radius 2 is 2.05 bits per heavy atom. The maximum Gasteiger partial charge on any atom is 0.0898 e. The Kier molecular flexibility index (Phi) is 6.47. The van der Waals surface area contributed by atoms with Gasteiger partial charge in [0.05, 0.1) is 18.3 Å². The third-order valence-electron chi connectivity index (χ3n) is 2.72. The second kappa shape index (κ2) is 7.39. The molecule has 108 valence electrons. The van der Waals surface area contributed by atoms with Crippen LogP contribution in [-0.4, -0.2) is 30.0 Å². The lowest BCUT2D eigenvalue weighted by molar-refractivity contribution is -0.0482. The van der Waals surface area contributed by atoms with Gasteiger partial charge in [-0.2, -0.15) is 0 Å². The first-order valence-corrected chi connectivity index (χ1v) is 7.38. The van der Waals surface area contributed by atoms with E-state index in [2.05, 4.69) is 40.3 Å². The van der Waals surface area contributed by atoms with Crippen LogP contribution in [-0.2, 0) is 4.74 Å². The summed E-state index contributed by atoms with van der Waals surface area (Å²) in [4.78, 5) is 0. The predicted octanol–water partition coefficient (Wildman–Crippen LogP) is 3.28. The van der Waals surface area contributed by atoms with E-state index in [1.54, 1.807) is 0 Å². The van der Waals surface area contributed by atoms with Crippen LogP contribution in [0.25, 0.3) is 0 Å². The van der Waals surface area contributed by atoms with Gasteiger partial charge < -0.3 is 15.2 Å². The van der Waals surface area contributed by atoms with E-state index < -0.39 is 6.10 Å². The van der Waals surface area contributed by atoms with Crippen LogP contribution in [0.5, 0.6) is 0 Å². The summed E-state index contributed by atoms with van der Waals surface area (Å²) < 4.78 is 6.62. The van der Waals surface area contributed by atoms with Crippen molar-refractivity contribution in [2.75, 3.05) is 13.2 Å². The molecule has 0 bridgehead atoms. The molecular formula is C15H24BrNO2.